The van der Waals surface area contributed by atoms with Crippen LogP contribution in [0.2, 0.25) is 0 Å². The van der Waals surface area contributed by atoms with Crippen LogP contribution in [0.3, 0.4) is 0 Å². The van der Waals surface area contributed by atoms with Gasteiger partial charge in [-0.25, -0.2) is 19.7 Å². The predicted molar refractivity (Wildman–Crippen MR) is 162 cm³/mol. The van der Waals surface area contributed by atoms with Crippen LogP contribution in [0.1, 0.15) is 78.2 Å². The average molecular weight is 583 g/mol. The van der Waals surface area contributed by atoms with Crippen molar-refractivity contribution >= 4 is 23.0 Å². The van der Waals surface area contributed by atoms with Gasteiger partial charge in [0.15, 0.2) is 5.82 Å². The van der Waals surface area contributed by atoms with Crippen molar-refractivity contribution in [3.63, 3.8) is 0 Å². The Morgan fingerprint density at radius 1 is 1.12 bits per heavy atom. The van der Waals surface area contributed by atoms with Gasteiger partial charge in [-0.1, -0.05) is 6.07 Å². The fraction of sp³-hybridized carbons (Fsp3) is 0.424. The smallest absolute Gasteiger partial charge is 0.410 e. The van der Waals surface area contributed by atoms with E-state index in [2.05, 4.69) is 45.1 Å². The third-order valence-electron chi connectivity index (χ3n) is 8.17. The summed E-state index contributed by atoms with van der Waals surface area (Å²) in [6.45, 7) is 9.59. The minimum Gasteiger partial charge on any atom is -0.444 e. The van der Waals surface area contributed by atoms with Gasteiger partial charge in [0.2, 0.25) is 0 Å². The van der Waals surface area contributed by atoms with E-state index in [0.29, 0.717) is 37.6 Å². The molecule has 6 rings (SSSR count). The molecule has 1 saturated heterocycles. The minimum absolute atomic E-state index is 0.145. The molecule has 4 aromatic rings. The fourth-order valence-corrected chi connectivity index (χ4v) is 6.14. The van der Waals surface area contributed by atoms with Gasteiger partial charge >= 0.3 is 6.09 Å². The molecule has 1 atom stereocenters. The van der Waals surface area contributed by atoms with Gasteiger partial charge in [-0.15, -0.1) is 0 Å². The molecule has 2 amide bonds. The quantitative estimate of drug-likeness (QED) is 0.319. The van der Waals surface area contributed by atoms with Gasteiger partial charge in [-0.2, -0.15) is 0 Å². The van der Waals surface area contributed by atoms with E-state index in [-0.39, 0.29) is 24.6 Å². The van der Waals surface area contributed by atoms with E-state index >= 15 is 0 Å². The molecule has 5 heterocycles. The molecular formula is C33H38N6O4. The van der Waals surface area contributed by atoms with Crippen molar-refractivity contribution in [1.82, 2.24) is 29.7 Å². The molecule has 3 aromatic heterocycles. The summed E-state index contributed by atoms with van der Waals surface area (Å²) in [5.74, 6) is 0.326. The van der Waals surface area contributed by atoms with Crippen molar-refractivity contribution in [2.75, 3.05) is 20.2 Å². The van der Waals surface area contributed by atoms with Crippen molar-refractivity contribution in [3.05, 3.63) is 76.6 Å². The molecule has 1 fully saturated rings. The van der Waals surface area contributed by atoms with Crippen molar-refractivity contribution in [3.8, 4) is 11.1 Å². The lowest BCUT2D eigenvalue weighted by Gasteiger charge is -2.34. The zero-order valence-electron chi connectivity index (χ0n) is 25.4. The van der Waals surface area contributed by atoms with Crippen LogP contribution >= 0.6 is 0 Å². The van der Waals surface area contributed by atoms with Gasteiger partial charge in [0.05, 0.1) is 6.04 Å². The molecule has 2 aliphatic rings. The number of benzene rings is 1. The number of hydrogen-bond donors (Lipinski definition) is 1. The first-order chi connectivity index (χ1) is 20.6. The molecule has 0 saturated carbocycles. The molecule has 10 heteroatoms. The van der Waals surface area contributed by atoms with Gasteiger partial charge in [0.25, 0.3) is 5.91 Å². The van der Waals surface area contributed by atoms with Gasteiger partial charge in [0.1, 0.15) is 23.5 Å². The van der Waals surface area contributed by atoms with Crippen LogP contribution in [0.4, 0.5) is 4.79 Å². The normalized spacial score (nSPS) is 16.9. The zero-order valence-corrected chi connectivity index (χ0v) is 25.4. The first-order valence-electron chi connectivity index (χ1n) is 14.8. The minimum atomic E-state index is -0.594. The first kappa shape index (κ1) is 28.8. The molecule has 224 valence electrons. The number of H-pyrrole nitrogens is 1. The maximum Gasteiger partial charge on any atom is 0.410 e. The number of nitrogens with zero attached hydrogens (tertiary/aromatic N) is 5. The third-order valence-corrected chi connectivity index (χ3v) is 8.17. The van der Waals surface area contributed by atoms with Crippen LogP contribution < -0.4 is 0 Å². The van der Waals surface area contributed by atoms with Crippen molar-refractivity contribution in [2.24, 2.45) is 0 Å². The Labute approximate surface area is 251 Å². The van der Waals surface area contributed by atoms with E-state index < -0.39 is 5.60 Å². The highest BCUT2D eigenvalue weighted by molar-refractivity contribution is 5.92. The van der Waals surface area contributed by atoms with Crippen LogP contribution in [-0.2, 0) is 29.0 Å². The number of fused-ring (bicyclic) bond motifs is 2. The summed E-state index contributed by atoms with van der Waals surface area (Å²) in [6, 6.07) is 8.07. The fourth-order valence-electron chi connectivity index (χ4n) is 6.14. The maximum atomic E-state index is 13.6. The monoisotopic (exact) mass is 582 g/mol. The molecule has 0 spiro atoms. The lowest BCUT2D eigenvalue weighted by atomic mass is 9.86. The molecule has 0 unspecified atom stereocenters. The summed E-state index contributed by atoms with van der Waals surface area (Å²) in [5.41, 5.74) is 7.15. The number of likely N-dealkylation sites (tertiary alicyclic amines) is 1. The number of aromatic amines is 1. The summed E-state index contributed by atoms with van der Waals surface area (Å²) in [6.07, 6.45) is 7.55. The van der Waals surface area contributed by atoms with Gasteiger partial charge in [0, 0.05) is 56.3 Å². The van der Waals surface area contributed by atoms with E-state index in [0.717, 1.165) is 51.7 Å². The third kappa shape index (κ3) is 5.84. The Hall–Kier alpha value is -4.31. The predicted octanol–water partition coefficient (Wildman–Crippen LogP) is 5.75. The standard InChI is InChI=1S/C33H38N6O4/c1-20-16-35-30-24(20)15-23(17-36-30)22-13-21-9-12-38(31(40)27-8-10-34-29(37-27)19-42-5)18-26(21)25(14-22)28-7-6-11-39(28)32(41)43-33(2,3)4/h8,10,13-17,28H,6-7,9,11-12,18-19H2,1-5H3,(H,35,36)/t28-/m0/s1. The van der Waals surface area contributed by atoms with Crippen molar-refractivity contribution < 1.29 is 19.1 Å². The van der Waals surface area contributed by atoms with Gasteiger partial charge in [-0.3, -0.25) is 4.79 Å². The number of aromatic nitrogens is 4. The van der Waals surface area contributed by atoms with Crippen LogP contribution in [-0.4, -0.2) is 67.5 Å². The highest BCUT2D eigenvalue weighted by Crippen LogP contribution is 2.40. The van der Waals surface area contributed by atoms with Crippen LogP contribution in [0.5, 0.6) is 0 Å². The largest absolute Gasteiger partial charge is 0.444 e. The molecule has 1 N–H and O–H groups in total. The number of amides is 2. The maximum absolute atomic E-state index is 13.6. The number of nitrogens with one attached hydrogen (secondary N) is 1. The molecule has 2 aliphatic heterocycles. The van der Waals surface area contributed by atoms with E-state index in [9.17, 15) is 9.59 Å². The lowest BCUT2D eigenvalue weighted by Crippen LogP contribution is -2.39. The van der Waals surface area contributed by atoms with Gasteiger partial charge in [-0.05, 0) is 93.0 Å². The second kappa shape index (κ2) is 11.4. The van der Waals surface area contributed by atoms with Crippen molar-refractivity contribution in [2.45, 2.75) is 71.8 Å². The second-order valence-corrected chi connectivity index (χ2v) is 12.4. The highest BCUT2D eigenvalue weighted by atomic mass is 16.6. The summed E-state index contributed by atoms with van der Waals surface area (Å²) < 4.78 is 11.0. The molecule has 10 nitrogen and oxygen atoms in total. The Balaban J connectivity index is 1.40. The van der Waals surface area contributed by atoms with E-state index in [1.165, 1.54) is 5.56 Å². The summed E-state index contributed by atoms with van der Waals surface area (Å²) in [4.78, 5) is 47.3. The number of ether oxygens (including phenoxy) is 2. The van der Waals surface area contributed by atoms with E-state index in [1.54, 1.807) is 19.4 Å². The number of pyridine rings is 1. The Bertz CT molecular complexity index is 1690. The van der Waals surface area contributed by atoms with Gasteiger partial charge < -0.3 is 24.3 Å². The molecular weight excluding hydrogens is 544 g/mol. The van der Waals surface area contributed by atoms with E-state index in [4.69, 9.17) is 9.47 Å². The Morgan fingerprint density at radius 2 is 1.95 bits per heavy atom. The Kier molecular flexibility index (Phi) is 7.64. The highest BCUT2D eigenvalue weighted by Gasteiger charge is 2.36. The Morgan fingerprint density at radius 3 is 2.74 bits per heavy atom. The number of carbonyl (C=O) groups is 2. The van der Waals surface area contributed by atoms with Crippen LogP contribution in [0.15, 0.2) is 42.9 Å². The number of carbonyl (C=O) groups excluding carboxylic acids is 2. The zero-order chi connectivity index (χ0) is 30.3. The number of aryl methyl sites for hydroxylation is 1. The number of hydrogen-bond acceptors (Lipinski definition) is 7. The average Bonchev–Trinajstić information content (AvgIpc) is 3.62. The molecule has 0 aliphatic carbocycles. The summed E-state index contributed by atoms with van der Waals surface area (Å²) in [5, 5.41) is 1.09. The second-order valence-electron chi connectivity index (χ2n) is 12.4. The van der Waals surface area contributed by atoms with Crippen LogP contribution in [0.25, 0.3) is 22.2 Å². The van der Waals surface area contributed by atoms with E-state index in [1.807, 2.05) is 43.0 Å². The molecule has 0 radical (unpaired) electrons. The molecule has 1 aromatic carbocycles. The van der Waals surface area contributed by atoms with Crippen molar-refractivity contribution in [1.29, 1.82) is 0 Å². The first-order valence-corrected chi connectivity index (χ1v) is 14.8. The molecule has 0 bridgehead atoms. The summed E-state index contributed by atoms with van der Waals surface area (Å²) in [7, 11) is 1.58. The molecule has 43 heavy (non-hydrogen) atoms. The SMILES string of the molecule is COCc1nccc(C(=O)N2CCc3cc(-c4cnc5[nH]cc(C)c5c4)cc([C@@H]4CCCN4C(=O)OC(C)(C)C)c3C2)n1. The summed E-state index contributed by atoms with van der Waals surface area (Å²) >= 11 is 0. The number of methoxy groups -OCH3 is 1. The lowest BCUT2D eigenvalue weighted by molar-refractivity contribution is 0.0222. The van der Waals surface area contributed by atoms with Crippen LogP contribution in [0, 0.1) is 6.92 Å². The topological polar surface area (TPSA) is 114 Å². The number of rotatable bonds is 5.